The average molecular weight is 308 g/mol. The van der Waals surface area contributed by atoms with E-state index in [9.17, 15) is 4.79 Å². The van der Waals surface area contributed by atoms with E-state index >= 15 is 0 Å². The van der Waals surface area contributed by atoms with Crippen LogP contribution in [0, 0.1) is 0 Å². The van der Waals surface area contributed by atoms with Crippen LogP contribution in [-0.2, 0) is 24.4 Å². The summed E-state index contributed by atoms with van der Waals surface area (Å²) in [5.41, 5.74) is 7.14. The van der Waals surface area contributed by atoms with E-state index in [1.165, 1.54) is 4.68 Å². The van der Waals surface area contributed by atoms with Gasteiger partial charge in [0.2, 0.25) is 5.91 Å². The number of carbonyl (C=O) groups is 1. The lowest BCUT2D eigenvalue weighted by molar-refractivity contribution is -0.132. The Balaban J connectivity index is 2.01. The van der Waals surface area contributed by atoms with Gasteiger partial charge in [0.25, 0.3) is 0 Å². The van der Waals surface area contributed by atoms with E-state index in [1.807, 2.05) is 31.2 Å². The predicted molar refractivity (Wildman–Crippen MR) is 80.5 cm³/mol. The lowest BCUT2D eigenvalue weighted by Crippen LogP contribution is -2.33. The summed E-state index contributed by atoms with van der Waals surface area (Å²) < 4.78 is 1.51. The van der Waals surface area contributed by atoms with Crippen molar-refractivity contribution in [3.05, 3.63) is 46.7 Å². The molecule has 2 rings (SSSR count). The van der Waals surface area contributed by atoms with Crippen molar-refractivity contribution in [1.29, 1.82) is 0 Å². The molecule has 0 aliphatic carbocycles. The van der Waals surface area contributed by atoms with Crippen LogP contribution in [0.5, 0.6) is 0 Å². The number of rotatable bonds is 6. The Morgan fingerprint density at radius 1 is 1.48 bits per heavy atom. The number of nitrogens with two attached hydrogens (primary N) is 1. The zero-order valence-electron chi connectivity index (χ0n) is 11.9. The van der Waals surface area contributed by atoms with E-state index < -0.39 is 0 Å². The number of carbonyl (C=O) groups excluding carboxylic acids is 1. The summed E-state index contributed by atoms with van der Waals surface area (Å²) in [6, 6.07) is 7.50. The van der Waals surface area contributed by atoms with E-state index in [0.717, 1.165) is 5.56 Å². The second kappa shape index (κ2) is 7.19. The minimum absolute atomic E-state index is 0.0223. The van der Waals surface area contributed by atoms with Crippen LogP contribution < -0.4 is 5.73 Å². The fraction of sp³-hybridized carbons (Fsp3) is 0.357. The van der Waals surface area contributed by atoms with Crippen LogP contribution in [0.15, 0.2) is 30.5 Å². The summed E-state index contributed by atoms with van der Waals surface area (Å²) in [4.78, 5) is 14.0. The highest BCUT2D eigenvalue weighted by Gasteiger charge is 2.14. The summed E-state index contributed by atoms with van der Waals surface area (Å²) in [6.07, 6.45) is 1.69. The molecule has 2 N–H and O–H groups in total. The molecule has 0 aliphatic rings. The van der Waals surface area contributed by atoms with Crippen molar-refractivity contribution in [2.24, 2.45) is 5.73 Å². The third-order valence-electron chi connectivity index (χ3n) is 3.09. The highest BCUT2D eigenvalue weighted by molar-refractivity contribution is 6.30. The van der Waals surface area contributed by atoms with Crippen molar-refractivity contribution in [1.82, 2.24) is 19.9 Å². The molecular formula is C14H18ClN5O. The van der Waals surface area contributed by atoms with Crippen LogP contribution in [0.4, 0.5) is 0 Å². The van der Waals surface area contributed by atoms with Gasteiger partial charge in [0, 0.05) is 24.7 Å². The lowest BCUT2D eigenvalue weighted by atomic mass is 10.2. The fourth-order valence-corrected chi connectivity index (χ4v) is 2.19. The zero-order valence-corrected chi connectivity index (χ0v) is 12.6. The number of hydrogen-bond acceptors (Lipinski definition) is 4. The van der Waals surface area contributed by atoms with Crippen molar-refractivity contribution in [2.45, 2.75) is 26.6 Å². The molecular weight excluding hydrogens is 290 g/mol. The third-order valence-corrected chi connectivity index (χ3v) is 3.32. The maximum atomic E-state index is 12.3. The Labute approximate surface area is 128 Å². The van der Waals surface area contributed by atoms with Crippen molar-refractivity contribution in [3.63, 3.8) is 0 Å². The average Bonchev–Trinajstić information content (AvgIpc) is 2.92. The van der Waals surface area contributed by atoms with Crippen molar-refractivity contribution in [3.8, 4) is 0 Å². The first-order valence-corrected chi connectivity index (χ1v) is 7.11. The highest BCUT2D eigenvalue weighted by Crippen LogP contribution is 2.13. The second-order valence-corrected chi connectivity index (χ2v) is 5.09. The summed E-state index contributed by atoms with van der Waals surface area (Å²) in [5.74, 6) is -0.0223. The maximum absolute atomic E-state index is 12.3. The first-order chi connectivity index (χ1) is 10.1. The van der Waals surface area contributed by atoms with Gasteiger partial charge in [-0.25, -0.2) is 4.68 Å². The van der Waals surface area contributed by atoms with Gasteiger partial charge in [0.05, 0.1) is 11.9 Å². The Kier molecular flexibility index (Phi) is 5.30. The van der Waals surface area contributed by atoms with Gasteiger partial charge in [0.1, 0.15) is 6.54 Å². The summed E-state index contributed by atoms with van der Waals surface area (Å²) >= 11 is 5.96. The Bertz CT molecular complexity index is 613. The van der Waals surface area contributed by atoms with Crippen molar-refractivity contribution in [2.75, 3.05) is 6.54 Å². The quantitative estimate of drug-likeness (QED) is 0.876. The molecule has 112 valence electrons. The summed E-state index contributed by atoms with van der Waals surface area (Å²) in [5, 5.41) is 8.42. The predicted octanol–water partition coefficient (Wildman–Crippen LogP) is 1.44. The van der Waals surface area contributed by atoms with Crippen molar-refractivity contribution < 1.29 is 4.79 Å². The van der Waals surface area contributed by atoms with E-state index in [-0.39, 0.29) is 12.5 Å². The molecule has 1 aromatic heterocycles. The van der Waals surface area contributed by atoms with E-state index in [2.05, 4.69) is 10.3 Å². The minimum atomic E-state index is -0.0223. The van der Waals surface area contributed by atoms with Gasteiger partial charge in [-0.1, -0.05) is 28.9 Å². The number of benzene rings is 1. The van der Waals surface area contributed by atoms with Gasteiger partial charge in [-0.15, -0.1) is 5.10 Å². The number of hydrogen-bond donors (Lipinski definition) is 1. The SMILES string of the molecule is CCN(Cc1cccc(Cl)c1)C(=O)Cn1cc(CN)nn1. The highest BCUT2D eigenvalue weighted by atomic mass is 35.5. The van der Waals surface area contributed by atoms with Crippen molar-refractivity contribution >= 4 is 17.5 Å². The standard InChI is InChI=1S/C14H18ClN5O/c1-2-19(8-11-4-3-5-12(15)6-11)14(21)10-20-9-13(7-16)17-18-20/h3-6,9H,2,7-8,10,16H2,1H3. The van der Waals surface area contributed by atoms with Crippen LogP contribution >= 0.6 is 11.6 Å². The molecule has 1 aromatic carbocycles. The number of nitrogens with zero attached hydrogens (tertiary/aromatic N) is 4. The van der Waals surface area contributed by atoms with E-state index in [1.54, 1.807) is 11.1 Å². The number of aromatic nitrogens is 3. The Morgan fingerprint density at radius 3 is 2.90 bits per heavy atom. The lowest BCUT2D eigenvalue weighted by Gasteiger charge is -2.21. The summed E-state index contributed by atoms with van der Waals surface area (Å²) in [6.45, 7) is 3.54. The molecule has 0 atom stereocenters. The van der Waals surface area contributed by atoms with Gasteiger partial charge in [-0.05, 0) is 24.6 Å². The molecule has 0 fully saturated rings. The van der Waals surface area contributed by atoms with Crippen LogP contribution in [0.2, 0.25) is 5.02 Å². The number of halogens is 1. The molecule has 0 bridgehead atoms. The molecule has 7 heteroatoms. The topological polar surface area (TPSA) is 77.0 Å². The smallest absolute Gasteiger partial charge is 0.244 e. The van der Waals surface area contributed by atoms with Crippen LogP contribution in [-0.4, -0.2) is 32.3 Å². The minimum Gasteiger partial charge on any atom is -0.337 e. The second-order valence-electron chi connectivity index (χ2n) is 4.65. The molecule has 0 spiro atoms. The van der Waals surface area contributed by atoms with Gasteiger partial charge in [-0.3, -0.25) is 4.79 Å². The summed E-state index contributed by atoms with van der Waals surface area (Å²) in [7, 11) is 0. The number of likely N-dealkylation sites (N-methyl/N-ethyl adjacent to an activating group) is 1. The largest absolute Gasteiger partial charge is 0.337 e. The van der Waals surface area contributed by atoms with Crippen LogP contribution in [0.3, 0.4) is 0 Å². The number of amides is 1. The van der Waals surface area contributed by atoms with Gasteiger partial charge in [-0.2, -0.15) is 0 Å². The zero-order chi connectivity index (χ0) is 15.2. The van der Waals surface area contributed by atoms with Crippen LogP contribution in [0.25, 0.3) is 0 Å². The monoisotopic (exact) mass is 307 g/mol. The van der Waals surface area contributed by atoms with Gasteiger partial charge < -0.3 is 10.6 Å². The maximum Gasteiger partial charge on any atom is 0.244 e. The molecule has 0 saturated carbocycles. The molecule has 1 heterocycles. The van der Waals surface area contributed by atoms with Gasteiger partial charge >= 0.3 is 0 Å². The molecule has 0 unspecified atom stereocenters. The molecule has 1 amide bonds. The Hall–Kier alpha value is -1.92. The third kappa shape index (κ3) is 4.27. The fourth-order valence-electron chi connectivity index (χ4n) is 1.98. The van der Waals surface area contributed by atoms with Crippen LogP contribution in [0.1, 0.15) is 18.2 Å². The van der Waals surface area contributed by atoms with Gasteiger partial charge in [0.15, 0.2) is 0 Å². The molecule has 0 radical (unpaired) electrons. The first kappa shape index (κ1) is 15.5. The van der Waals surface area contributed by atoms with E-state index in [4.69, 9.17) is 17.3 Å². The molecule has 21 heavy (non-hydrogen) atoms. The normalized spacial score (nSPS) is 10.6. The molecule has 6 nitrogen and oxygen atoms in total. The Morgan fingerprint density at radius 2 is 2.29 bits per heavy atom. The molecule has 2 aromatic rings. The van der Waals surface area contributed by atoms with E-state index in [0.29, 0.717) is 30.4 Å². The molecule has 0 aliphatic heterocycles. The molecule has 0 saturated heterocycles. The first-order valence-electron chi connectivity index (χ1n) is 6.73.